The minimum absolute atomic E-state index is 0.279. The maximum absolute atomic E-state index is 13.3. The number of hydrogen-bond acceptors (Lipinski definition) is 3. The number of rotatable bonds is 5. The minimum atomic E-state index is -1.19. The summed E-state index contributed by atoms with van der Waals surface area (Å²) < 4.78 is 13.3. The van der Waals surface area contributed by atoms with Gasteiger partial charge in [-0.25, -0.2) is 4.39 Å². The molecule has 2 N–H and O–H groups in total. The third kappa shape index (κ3) is 3.25. The van der Waals surface area contributed by atoms with Crippen LogP contribution in [0.25, 0.3) is 0 Å². The van der Waals surface area contributed by atoms with Gasteiger partial charge in [-0.15, -0.1) is 0 Å². The van der Waals surface area contributed by atoms with Crippen molar-refractivity contribution in [2.75, 3.05) is 13.1 Å². The molecule has 1 rings (SSSR count). The molecule has 0 fully saturated rings. The predicted octanol–water partition coefficient (Wildman–Crippen LogP) is 1.43. The molecular formula is C11H17FN2O. The van der Waals surface area contributed by atoms with Crippen LogP contribution in [0.2, 0.25) is 0 Å². The van der Waals surface area contributed by atoms with Crippen LogP contribution in [0.5, 0.6) is 0 Å². The molecule has 4 heteroatoms. The van der Waals surface area contributed by atoms with E-state index < -0.39 is 11.4 Å². The number of nitrogens with zero attached hydrogens (tertiary/aromatic N) is 1. The molecule has 0 saturated carbocycles. The Kier molecular flexibility index (Phi) is 4.17. The monoisotopic (exact) mass is 212 g/mol. The summed E-state index contributed by atoms with van der Waals surface area (Å²) in [5.74, 6) is -0.471. The highest BCUT2D eigenvalue weighted by atomic mass is 19.1. The quantitative estimate of drug-likeness (QED) is 0.726. The van der Waals surface area contributed by atoms with Gasteiger partial charge >= 0.3 is 0 Å². The summed E-state index contributed by atoms with van der Waals surface area (Å²) in [6, 6.07) is 1.50. The Hall–Kier alpha value is -1.00. The Bertz CT molecular complexity index is 315. The normalized spacial score (nSPS) is 14.9. The van der Waals surface area contributed by atoms with E-state index in [1.165, 1.54) is 12.3 Å². The van der Waals surface area contributed by atoms with Crippen molar-refractivity contribution < 1.29 is 9.50 Å². The zero-order chi connectivity index (χ0) is 11.3. The van der Waals surface area contributed by atoms with Crippen molar-refractivity contribution in [2.24, 2.45) is 0 Å². The van der Waals surface area contributed by atoms with Crippen LogP contribution in [-0.2, 0) is 5.60 Å². The lowest BCUT2D eigenvalue weighted by atomic mass is 9.96. The second-order valence-corrected chi connectivity index (χ2v) is 3.81. The van der Waals surface area contributed by atoms with Crippen LogP contribution in [0.3, 0.4) is 0 Å². The molecular weight excluding hydrogens is 195 g/mol. The molecule has 0 aromatic carbocycles. The van der Waals surface area contributed by atoms with E-state index in [-0.39, 0.29) is 5.56 Å². The molecule has 1 heterocycles. The summed E-state index contributed by atoms with van der Waals surface area (Å²) in [4.78, 5) is 3.65. The molecule has 0 aliphatic rings. The summed E-state index contributed by atoms with van der Waals surface area (Å²) in [6.45, 7) is 4.77. The topological polar surface area (TPSA) is 45.1 Å². The van der Waals surface area contributed by atoms with E-state index in [1.807, 2.05) is 6.92 Å². The van der Waals surface area contributed by atoms with Crippen molar-refractivity contribution in [3.8, 4) is 0 Å². The van der Waals surface area contributed by atoms with E-state index in [0.717, 1.165) is 19.2 Å². The Balaban J connectivity index is 2.72. The van der Waals surface area contributed by atoms with Crippen molar-refractivity contribution in [1.82, 2.24) is 10.3 Å². The summed E-state index contributed by atoms with van der Waals surface area (Å²) in [5.41, 5.74) is -0.913. The summed E-state index contributed by atoms with van der Waals surface area (Å²) in [7, 11) is 0. The Labute approximate surface area is 89.4 Å². The lowest BCUT2D eigenvalue weighted by Crippen LogP contribution is -2.36. The lowest BCUT2D eigenvalue weighted by Gasteiger charge is -2.24. The van der Waals surface area contributed by atoms with Crippen molar-refractivity contribution >= 4 is 0 Å². The highest BCUT2D eigenvalue weighted by molar-refractivity contribution is 5.20. The highest BCUT2D eigenvalue weighted by Crippen LogP contribution is 2.21. The first kappa shape index (κ1) is 12.1. The fourth-order valence-electron chi connectivity index (χ4n) is 1.42. The fraction of sp³-hybridized carbons (Fsp3) is 0.545. The van der Waals surface area contributed by atoms with Gasteiger partial charge in [-0.05, 0) is 26.0 Å². The van der Waals surface area contributed by atoms with Crippen LogP contribution >= 0.6 is 0 Å². The van der Waals surface area contributed by atoms with Gasteiger partial charge in [-0.3, -0.25) is 4.98 Å². The van der Waals surface area contributed by atoms with Crippen LogP contribution in [0.4, 0.5) is 4.39 Å². The Morgan fingerprint density at radius 2 is 2.33 bits per heavy atom. The predicted molar refractivity (Wildman–Crippen MR) is 56.9 cm³/mol. The van der Waals surface area contributed by atoms with Crippen LogP contribution in [-0.4, -0.2) is 23.2 Å². The zero-order valence-corrected chi connectivity index (χ0v) is 9.13. The molecule has 0 saturated heterocycles. The van der Waals surface area contributed by atoms with E-state index in [2.05, 4.69) is 10.3 Å². The van der Waals surface area contributed by atoms with Crippen molar-refractivity contribution in [3.63, 3.8) is 0 Å². The van der Waals surface area contributed by atoms with Crippen LogP contribution < -0.4 is 5.32 Å². The number of halogens is 1. The molecule has 1 unspecified atom stereocenters. The molecule has 1 aromatic rings. The molecule has 1 atom stereocenters. The molecule has 0 aliphatic heterocycles. The standard InChI is InChI=1S/C11H17FN2O/c1-3-5-14-8-11(2,15)9-4-6-13-7-10(9)12/h4,6-7,14-15H,3,5,8H2,1-2H3. The van der Waals surface area contributed by atoms with Gasteiger partial charge in [0.25, 0.3) is 0 Å². The van der Waals surface area contributed by atoms with E-state index >= 15 is 0 Å². The van der Waals surface area contributed by atoms with Crippen LogP contribution in [0, 0.1) is 5.82 Å². The van der Waals surface area contributed by atoms with Gasteiger partial charge in [-0.2, -0.15) is 0 Å². The number of aliphatic hydroxyl groups is 1. The maximum atomic E-state index is 13.3. The lowest BCUT2D eigenvalue weighted by molar-refractivity contribution is 0.0533. The van der Waals surface area contributed by atoms with Crippen LogP contribution in [0.1, 0.15) is 25.8 Å². The molecule has 84 valence electrons. The van der Waals surface area contributed by atoms with Crippen molar-refractivity contribution in [1.29, 1.82) is 0 Å². The number of pyridine rings is 1. The zero-order valence-electron chi connectivity index (χ0n) is 9.13. The number of aromatic nitrogens is 1. The van der Waals surface area contributed by atoms with E-state index in [1.54, 1.807) is 6.92 Å². The summed E-state index contributed by atoms with van der Waals surface area (Å²) in [6.07, 6.45) is 3.57. The fourth-order valence-corrected chi connectivity index (χ4v) is 1.42. The molecule has 0 aliphatic carbocycles. The van der Waals surface area contributed by atoms with Gasteiger partial charge in [0.05, 0.1) is 6.20 Å². The second kappa shape index (κ2) is 5.19. The molecule has 0 amide bonds. The Morgan fingerprint density at radius 1 is 1.60 bits per heavy atom. The van der Waals surface area contributed by atoms with Gasteiger partial charge in [0, 0.05) is 18.3 Å². The molecule has 0 spiro atoms. The van der Waals surface area contributed by atoms with E-state index in [4.69, 9.17) is 0 Å². The summed E-state index contributed by atoms with van der Waals surface area (Å²) in [5, 5.41) is 13.1. The maximum Gasteiger partial charge on any atom is 0.147 e. The SMILES string of the molecule is CCCNCC(C)(O)c1ccncc1F. The number of hydrogen-bond donors (Lipinski definition) is 2. The first-order chi connectivity index (χ1) is 7.08. The van der Waals surface area contributed by atoms with Crippen molar-refractivity contribution in [3.05, 3.63) is 29.8 Å². The van der Waals surface area contributed by atoms with Crippen molar-refractivity contribution in [2.45, 2.75) is 25.9 Å². The van der Waals surface area contributed by atoms with E-state index in [9.17, 15) is 9.50 Å². The van der Waals surface area contributed by atoms with Gasteiger partial charge in [0.15, 0.2) is 0 Å². The first-order valence-electron chi connectivity index (χ1n) is 5.11. The molecule has 15 heavy (non-hydrogen) atoms. The third-order valence-electron chi connectivity index (χ3n) is 2.25. The Morgan fingerprint density at radius 3 is 2.93 bits per heavy atom. The summed E-state index contributed by atoms with van der Waals surface area (Å²) >= 11 is 0. The second-order valence-electron chi connectivity index (χ2n) is 3.81. The van der Waals surface area contributed by atoms with Crippen LogP contribution in [0.15, 0.2) is 18.5 Å². The molecule has 0 bridgehead atoms. The van der Waals surface area contributed by atoms with Gasteiger partial charge < -0.3 is 10.4 Å². The largest absolute Gasteiger partial charge is 0.384 e. The number of nitrogens with one attached hydrogen (secondary N) is 1. The average molecular weight is 212 g/mol. The average Bonchev–Trinajstić information content (AvgIpc) is 2.18. The smallest absolute Gasteiger partial charge is 0.147 e. The van der Waals surface area contributed by atoms with Gasteiger partial charge in [-0.1, -0.05) is 6.92 Å². The highest BCUT2D eigenvalue weighted by Gasteiger charge is 2.25. The molecule has 3 nitrogen and oxygen atoms in total. The first-order valence-corrected chi connectivity index (χ1v) is 5.11. The van der Waals surface area contributed by atoms with Gasteiger partial charge in [0.1, 0.15) is 11.4 Å². The van der Waals surface area contributed by atoms with Gasteiger partial charge in [0.2, 0.25) is 0 Å². The third-order valence-corrected chi connectivity index (χ3v) is 2.25. The molecule has 1 aromatic heterocycles. The molecule has 0 radical (unpaired) electrons. The minimum Gasteiger partial charge on any atom is -0.384 e. The van der Waals surface area contributed by atoms with E-state index in [0.29, 0.717) is 6.54 Å².